The topological polar surface area (TPSA) is 89.8 Å². The maximum atomic E-state index is 12.2. The summed E-state index contributed by atoms with van der Waals surface area (Å²) in [6.45, 7) is 4.15. The van der Waals surface area contributed by atoms with Crippen molar-refractivity contribution in [3.05, 3.63) is 12.2 Å². The molecule has 4 N–H and O–H groups in total. The maximum Gasteiger partial charge on any atom is 0.222 e. The lowest BCUT2D eigenvalue weighted by Gasteiger charge is -2.23. The molecule has 0 heterocycles. The predicted octanol–water partition coefficient (Wildman–Crippen LogP) is 6.58. The van der Waals surface area contributed by atoms with Gasteiger partial charge in [0.2, 0.25) is 5.91 Å². The van der Waals surface area contributed by atoms with E-state index < -0.39 is 18.2 Å². The van der Waals surface area contributed by atoms with Crippen LogP contribution >= 0.6 is 0 Å². The predicted molar refractivity (Wildman–Crippen MR) is 144 cm³/mol. The van der Waals surface area contributed by atoms with Gasteiger partial charge in [0, 0.05) is 0 Å². The number of carbonyl (C=O) groups excluding carboxylic acids is 1. The van der Waals surface area contributed by atoms with Crippen LogP contribution in [0.1, 0.15) is 142 Å². The van der Waals surface area contributed by atoms with E-state index in [-0.39, 0.29) is 18.9 Å². The summed E-state index contributed by atoms with van der Waals surface area (Å²) in [6.07, 6.45) is 24.6. The van der Waals surface area contributed by atoms with Crippen LogP contribution in [0.4, 0.5) is 0 Å². The highest BCUT2D eigenvalue weighted by Crippen LogP contribution is 2.14. The molecule has 0 saturated heterocycles. The van der Waals surface area contributed by atoms with Gasteiger partial charge in [-0.25, -0.2) is 0 Å². The molecule has 0 aromatic rings. The lowest BCUT2D eigenvalue weighted by atomic mass is 10.0. The van der Waals surface area contributed by atoms with E-state index >= 15 is 0 Å². The molecule has 0 aromatic heterocycles. The van der Waals surface area contributed by atoms with Crippen LogP contribution in [-0.2, 0) is 4.79 Å². The summed E-state index contributed by atoms with van der Waals surface area (Å²) >= 11 is 0. The van der Waals surface area contributed by atoms with E-state index in [0.29, 0.717) is 12.8 Å². The van der Waals surface area contributed by atoms with Crippen molar-refractivity contribution in [3.8, 4) is 0 Å². The molecule has 202 valence electrons. The van der Waals surface area contributed by atoms with E-state index in [1.54, 1.807) is 0 Å². The number of aliphatic hydroxyl groups is 3. The van der Waals surface area contributed by atoms with Gasteiger partial charge >= 0.3 is 0 Å². The van der Waals surface area contributed by atoms with Crippen molar-refractivity contribution in [2.45, 2.75) is 161 Å². The summed E-state index contributed by atoms with van der Waals surface area (Å²) in [5.41, 5.74) is 0. The van der Waals surface area contributed by atoms with Gasteiger partial charge in [0.25, 0.3) is 0 Å². The number of hydrogen-bond acceptors (Lipinski definition) is 4. The van der Waals surface area contributed by atoms with Crippen molar-refractivity contribution in [1.29, 1.82) is 0 Å². The molecule has 0 spiro atoms. The van der Waals surface area contributed by atoms with Crippen LogP contribution in [0.5, 0.6) is 0 Å². The smallest absolute Gasteiger partial charge is 0.222 e. The molecule has 3 atom stereocenters. The largest absolute Gasteiger partial charge is 0.394 e. The lowest BCUT2D eigenvalue weighted by Crippen LogP contribution is -2.46. The third kappa shape index (κ3) is 21.6. The Hall–Kier alpha value is -0.910. The third-order valence-electron chi connectivity index (χ3n) is 6.58. The average Bonchev–Trinajstić information content (AvgIpc) is 2.82. The van der Waals surface area contributed by atoms with Crippen LogP contribution in [0.2, 0.25) is 0 Å². The van der Waals surface area contributed by atoms with Crippen LogP contribution in [0.15, 0.2) is 12.2 Å². The fourth-order valence-corrected chi connectivity index (χ4v) is 4.28. The molecule has 0 fully saturated rings. The Morgan fingerprint density at radius 3 is 1.76 bits per heavy atom. The van der Waals surface area contributed by atoms with E-state index in [0.717, 1.165) is 25.7 Å². The second-order valence-corrected chi connectivity index (χ2v) is 10.0. The van der Waals surface area contributed by atoms with Crippen molar-refractivity contribution in [2.24, 2.45) is 0 Å². The Labute approximate surface area is 210 Å². The Morgan fingerprint density at radius 1 is 0.735 bits per heavy atom. The molecule has 0 radical (unpaired) electrons. The van der Waals surface area contributed by atoms with Crippen molar-refractivity contribution < 1.29 is 20.1 Å². The second-order valence-electron chi connectivity index (χ2n) is 10.0. The molecule has 0 aliphatic carbocycles. The first-order valence-electron chi connectivity index (χ1n) is 14.5. The highest BCUT2D eigenvalue weighted by Gasteiger charge is 2.21. The fraction of sp³-hybridized carbons (Fsp3) is 0.897. The van der Waals surface area contributed by atoms with E-state index in [1.807, 2.05) is 6.08 Å². The summed E-state index contributed by atoms with van der Waals surface area (Å²) < 4.78 is 0. The molecule has 0 bridgehead atoms. The highest BCUT2D eigenvalue weighted by molar-refractivity contribution is 5.76. The number of allylic oxidation sites excluding steroid dienone is 1. The molecule has 1 amide bonds. The molecular weight excluding hydrogens is 426 g/mol. The minimum atomic E-state index is -0.753. The standard InChI is InChI=1S/C29H57NO4/c1-3-5-7-9-11-12-13-14-15-17-19-21-23-28(33)27(25-31)30-29(34)24-26(32)22-20-18-16-10-8-6-4-2/h18,20,26-28,31-33H,3-17,19,21-25H2,1-2H3,(H,30,34)/b20-18-. The Balaban J connectivity index is 3.80. The minimum absolute atomic E-state index is 0.0119. The van der Waals surface area contributed by atoms with Crippen molar-refractivity contribution >= 4 is 5.91 Å². The van der Waals surface area contributed by atoms with E-state index in [9.17, 15) is 20.1 Å². The monoisotopic (exact) mass is 483 g/mol. The average molecular weight is 484 g/mol. The Morgan fingerprint density at radius 2 is 1.24 bits per heavy atom. The SMILES string of the molecule is CCCCCC/C=C\CC(O)CC(=O)NC(CO)C(O)CCCCCCCCCCCCCC. The molecular formula is C29H57NO4. The van der Waals surface area contributed by atoms with Gasteiger partial charge < -0.3 is 20.6 Å². The number of unbranched alkanes of at least 4 members (excludes halogenated alkanes) is 15. The summed E-state index contributed by atoms with van der Waals surface area (Å²) in [5.74, 6) is -0.323. The van der Waals surface area contributed by atoms with Crippen molar-refractivity contribution in [2.75, 3.05) is 6.61 Å². The number of aliphatic hydroxyl groups excluding tert-OH is 3. The second kappa shape index (κ2) is 25.2. The third-order valence-corrected chi connectivity index (χ3v) is 6.58. The minimum Gasteiger partial charge on any atom is -0.394 e. The Kier molecular flexibility index (Phi) is 24.5. The first-order chi connectivity index (χ1) is 16.5. The van der Waals surface area contributed by atoms with E-state index in [4.69, 9.17) is 0 Å². The van der Waals surface area contributed by atoms with Gasteiger partial charge in [0.15, 0.2) is 0 Å². The van der Waals surface area contributed by atoms with E-state index in [1.165, 1.54) is 83.5 Å². The van der Waals surface area contributed by atoms with Crippen molar-refractivity contribution in [1.82, 2.24) is 5.32 Å². The first-order valence-corrected chi connectivity index (χ1v) is 14.5. The number of carbonyl (C=O) groups is 1. The molecule has 3 unspecified atom stereocenters. The van der Waals surface area contributed by atoms with Gasteiger partial charge in [-0.2, -0.15) is 0 Å². The lowest BCUT2D eigenvalue weighted by molar-refractivity contribution is -0.125. The van der Waals surface area contributed by atoms with E-state index in [2.05, 4.69) is 25.2 Å². The molecule has 5 heteroatoms. The number of nitrogens with one attached hydrogen (secondary N) is 1. The van der Waals surface area contributed by atoms with Gasteiger partial charge in [0.1, 0.15) is 0 Å². The Bertz CT molecular complexity index is 469. The summed E-state index contributed by atoms with van der Waals surface area (Å²) in [6, 6.07) is -0.665. The van der Waals surface area contributed by atoms with Crippen LogP contribution in [-0.4, -0.2) is 46.1 Å². The molecule has 0 aliphatic heterocycles. The van der Waals surface area contributed by atoms with Gasteiger partial charge in [-0.3, -0.25) is 4.79 Å². The summed E-state index contributed by atoms with van der Waals surface area (Å²) in [4.78, 5) is 12.2. The quantitative estimate of drug-likeness (QED) is 0.0871. The number of hydrogen-bond donors (Lipinski definition) is 4. The summed E-state index contributed by atoms with van der Waals surface area (Å²) in [5, 5.41) is 32.7. The van der Waals surface area contributed by atoms with Gasteiger partial charge in [-0.15, -0.1) is 0 Å². The molecule has 0 rings (SSSR count). The fourth-order valence-electron chi connectivity index (χ4n) is 4.28. The zero-order chi connectivity index (χ0) is 25.3. The number of amides is 1. The zero-order valence-electron chi connectivity index (χ0n) is 22.5. The van der Waals surface area contributed by atoms with Gasteiger partial charge in [-0.1, -0.05) is 122 Å². The zero-order valence-corrected chi connectivity index (χ0v) is 22.5. The maximum absolute atomic E-state index is 12.2. The first kappa shape index (κ1) is 33.1. The molecule has 0 saturated carbocycles. The molecule has 0 aromatic carbocycles. The molecule has 5 nitrogen and oxygen atoms in total. The summed E-state index contributed by atoms with van der Waals surface area (Å²) in [7, 11) is 0. The van der Waals surface area contributed by atoms with Gasteiger partial charge in [0.05, 0.1) is 31.3 Å². The number of rotatable bonds is 25. The van der Waals surface area contributed by atoms with Crippen LogP contribution in [0.3, 0.4) is 0 Å². The van der Waals surface area contributed by atoms with Crippen molar-refractivity contribution in [3.63, 3.8) is 0 Å². The molecule has 0 aliphatic rings. The van der Waals surface area contributed by atoms with Gasteiger partial charge in [-0.05, 0) is 25.7 Å². The normalized spacial score (nSPS) is 14.4. The van der Waals surface area contributed by atoms with Crippen LogP contribution < -0.4 is 5.32 Å². The molecule has 34 heavy (non-hydrogen) atoms. The van der Waals surface area contributed by atoms with Crippen LogP contribution in [0, 0.1) is 0 Å². The highest BCUT2D eigenvalue weighted by atomic mass is 16.3. The van der Waals surface area contributed by atoms with Crippen LogP contribution in [0.25, 0.3) is 0 Å².